The molecule has 1 saturated heterocycles. The Morgan fingerprint density at radius 1 is 1.12 bits per heavy atom. The molecule has 122 valence electrons. The molecular formula is C18H19N5O. The fraction of sp³-hybridized carbons (Fsp3) is 0.333. The molecule has 3 rings (SSSR count). The molecule has 0 atom stereocenters. The lowest BCUT2D eigenvalue weighted by Crippen LogP contribution is -2.25. The Kier molecular flexibility index (Phi) is 5.02. The maximum atomic E-state index is 12.2. The Balaban J connectivity index is 1.68. The molecule has 1 aliphatic heterocycles. The Morgan fingerprint density at radius 3 is 2.58 bits per heavy atom. The molecule has 1 N–H and O–H groups in total. The van der Waals surface area contributed by atoms with E-state index in [4.69, 9.17) is 5.26 Å². The normalized spacial score (nSPS) is 14.5. The highest BCUT2D eigenvalue weighted by Crippen LogP contribution is 2.17. The van der Waals surface area contributed by atoms with Gasteiger partial charge >= 0.3 is 0 Å². The van der Waals surface area contributed by atoms with Crippen LogP contribution in [0.3, 0.4) is 0 Å². The summed E-state index contributed by atoms with van der Waals surface area (Å²) in [6, 6.07) is 8.81. The largest absolute Gasteiger partial charge is 0.355 e. The lowest BCUT2D eigenvalue weighted by molar-refractivity contribution is 0.102. The topological polar surface area (TPSA) is 81.9 Å². The molecule has 0 aliphatic carbocycles. The van der Waals surface area contributed by atoms with Crippen LogP contribution in [-0.2, 0) is 0 Å². The second-order valence-corrected chi connectivity index (χ2v) is 5.81. The first kappa shape index (κ1) is 15.9. The Labute approximate surface area is 141 Å². The van der Waals surface area contributed by atoms with Gasteiger partial charge in [0.25, 0.3) is 5.91 Å². The van der Waals surface area contributed by atoms with E-state index in [0.29, 0.717) is 11.3 Å². The first-order valence-electron chi connectivity index (χ1n) is 8.15. The van der Waals surface area contributed by atoms with E-state index in [0.717, 1.165) is 18.9 Å². The molecule has 6 heteroatoms. The minimum Gasteiger partial charge on any atom is -0.355 e. The van der Waals surface area contributed by atoms with Gasteiger partial charge in [-0.2, -0.15) is 5.26 Å². The van der Waals surface area contributed by atoms with Gasteiger partial charge in [-0.3, -0.25) is 4.79 Å². The van der Waals surface area contributed by atoms with Gasteiger partial charge in [0.05, 0.1) is 24.0 Å². The summed E-state index contributed by atoms with van der Waals surface area (Å²) in [5, 5.41) is 11.6. The van der Waals surface area contributed by atoms with Gasteiger partial charge in [0.1, 0.15) is 11.5 Å². The number of rotatable bonds is 3. The van der Waals surface area contributed by atoms with Gasteiger partial charge < -0.3 is 10.2 Å². The van der Waals surface area contributed by atoms with E-state index in [-0.39, 0.29) is 11.6 Å². The fourth-order valence-electron chi connectivity index (χ4n) is 2.76. The van der Waals surface area contributed by atoms with E-state index < -0.39 is 0 Å². The second kappa shape index (κ2) is 7.55. The van der Waals surface area contributed by atoms with Crippen LogP contribution in [0.1, 0.15) is 41.7 Å². The van der Waals surface area contributed by atoms with Gasteiger partial charge in [-0.25, -0.2) is 9.97 Å². The number of benzene rings is 1. The van der Waals surface area contributed by atoms with Gasteiger partial charge in [0, 0.05) is 18.8 Å². The summed E-state index contributed by atoms with van der Waals surface area (Å²) in [4.78, 5) is 23.1. The average Bonchev–Trinajstić information content (AvgIpc) is 2.91. The molecule has 0 spiro atoms. The van der Waals surface area contributed by atoms with Crippen molar-refractivity contribution < 1.29 is 4.79 Å². The molecule has 0 radical (unpaired) electrons. The monoisotopic (exact) mass is 321 g/mol. The number of carbonyl (C=O) groups is 1. The second-order valence-electron chi connectivity index (χ2n) is 5.81. The third-order valence-corrected chi connectivity index (χ3v) is 4.05. The number of hydrogen-bond acceptors (Lipinski definition) is 5. The first-order chi connectivity index (χ1) is 11.8. The summed E-state index contributed by atoms with van der Waals surface area (Å²) in [5.41, 5.74) is 1.32. The van der Waals surface area contributed by atoms with Crippen molar-refractivity contribution in [1.82, 2.24) is 9.97 Å². The van der Waals surface area contributed by atoms with E-state index >= 15 is 0 Å². The third kappa shape index (κ3) is 3.87. The summed E-state index contributed by atoms with van der Waals surface area (Å²) < 4.78 is 0. The van der Waals surface area contributed by atoms with Crippen LogP contribution < -0.4 is 10.2 Å². The highest BCUT2D eigenvalue weighted by molar-refractivity contribution is 6.02. The van der Waals surface area contributed by atoms with Crippen molar-refractivity contribution in [2.24, 2.45) is 0 Å². The van der Waals surface area contributed by atoms with E-state index in [2.05, 4.69) is 20.2 Å². The number of carbonyl (C=O) groups excluding carboxylic acids is 1. The van der Waals surface area contributed by atoms with Crippen LogP contribution in [0, 0.1) is 11.3 Å². The summed E-state index contributed by atoms with van der Waals surface area (Å²) in [7, 11) is 0. The molecule has 1 amide bonds. The molecule has 2 heterocycles. The molecule has 1 aromatic carbocycles. The molecule has 24 heavy (non-hydrogen) atoms. The van der Waals surface area contributed by atoms with Crippen LogP contribution in [0.4, 0.5) is 11.5 Å². The van der Waals surface area contributed by atoms with Crippen LogP contribution in [0.15, 0.2) is 36.7 Å². The Morgan fingerprint density at radius 2 is 1.92 bits per heavy atom. The van der Waals surface area contributed by atoms with Crippen LogP contribution in [0.5, 0.6) is 0 Å². The van der Waals surface area contributed by atoms with Crippen molar-refractivity contribution in [3.63, 3.8) is 0 Å². The van der Waals surface area contributed by atoms with Crippen LogP contribution in [0.2, 0.25) is 0 Å². The minimum absolute atomic E-state index is 0.260. The molecule has 2 aromatic rings. The number of hydrogen-bond donors (Lipinski definition) is 1. The number of anilines is 2. The van der Waals surface area contributed by atoms with Crippen molar-refractivity contribution in [2.45, 2.75) is 25.7 Å². The summed E-state index contributed by atoms with van der Waals surface area (Å²) >= 11 is 0. The number of aromatic nitrogens is 2. The Bertz CT molecular complexity index is 743. The van der Waals surface area contributed by atoms with Gasteiger partial charge in [-0.15, -0.1) is 0 Å². The molecule has 6 nitrogen and oxygen atoms in total. The minimum atomic E-state index is -0.333. The van der Waals surface area contributed by atoms with E-state index in [9.17, 15) is 4.79 Å². The Hall–Kier alpha value is -2.94. The zero-order chi connectivity index (χ0) is 16.8. The predicted molar refractivity (Wildman–Crippen MR) is 91.8 cm³/mol. The number of nitrogens with one attached hydrogen (secondary N) is 1. The molecular weight excluding hydrogens is 302 g/mol. The maximum Gasteiger partial charge on any atom is 0.275 e. The van der Waals surface area contributed by atoms with E-state index in [1.807, 2.05) is 6.07 Å². The third-order valence-electron chi connectivity index (χ3n) is 4.05. The summed E-state index contributed by atoms with van der Waals surface area (Å²) in [5.74, 6) is 0.486. The molecule has 1 aromatic heterocycles. The number of nitriles is 1. The molecule has 1 aliphatic rings. The zero-order valence-corrected chi connectivity index (χ0v) is 13.4. The maximum absolute atomic E-state index is 12.2. The fourth-order valence-corrected chi connectivity index (χ4v) is 2.76. The number of amides is 1. The van der Waals surface area contributed by atoms with Crippen LogP contribution in [0.25, 0.3) is 0 Å². The lowest BCUT2D eigenvalue weighted by atomic mass is 10.2. The SMILES string of the molecule is N#Cc1cccc(NC(=O)c2cnc(N3CCCCCC3)cn2)c1. The quantitative estimate of drug-likeness (QED) is 0.940. The molecule has 0 bridgehead atoms. The van der Waals surface area contributed by atoms with Crippen molar-refractivity contribution >= 4 is 17.4 Å². The summed E-state index contributed by atoms with van der Waals surface area (Å²) in [6.07, 6.45) is 8.01. The predicted octanol–water partition coefficient (Wildman–Crippen LogP) is 2.98. The lowest BCUT2D eigenvalue weighted by Gasteiger charge is -2.20. The van der Waals surface area contributed by atoms with Gasteiger partial charge in [-0.05, 0) is 31.0 Å². The van der Waals surface area contributed by atoms with Gasteiger partial charge in [0.15, 0.2) is 0 Å². The first-order valence-corrected chi connectivity index (χ1v) is 8.15. The standard InChI is InChI=1S/C18H19N5O/c19-11-14-6-5-7-15(10-14)22-18(24)16-12-21-17(13-20-16)23-8-3-1-2-4-9-23/h5-7,10,12-13H,1-4,8-9H2,(H,22,24). The van der Waals surface area contributed by atoms with Crippen molar-refractivity contribution in [3.8, 4) is 6.07 Å². The van der Waals surface area contributed by atoms with Crippen LogP contribution >= 0.6 is 0 Å². The van der Waals surface area contributed by atoms with E-state index in [1.54, 1.807) is 30.5 Å². The van der Waals surface area contributed by atoms with Crippen molar-refractivity contribution in [1.29, 1.82) is 5.26 Å². The smallest absolute Gasteiger partial charge is 0.275 e. The molecule has 0 saturated carbocycles. The highest BCUT2D eigenvalue weighted by Gasteiger charge is 2.13. The summed E-state index contributed by atoms with van der Waals surface area (Å²) in [6.45, 7) is 1.97. The highest BCUT2D eigenvalue weighted by atomic mass is 16.1. The van der Waals surface area contributed by atoms with Crippen molar-refractivity contribution in [2.75, 3.05) is 23.3 Å². The van der Waals surface area contributed by atoms with Crippen molar-refractivity contribution in [3.05, 3.63) is 47.9 Å². The molecule has 0 unspecified atom stereocenters. The van der Waals surface area contributed by atoms with E-state index in [1.165, 1.54) is 31.9 Å². The zero-order valence-electron chi connectivity index (χ0n) is 13.4. The average molecular weight is 321 g/mol. The molecule has 1 fully saturated rings. The van der Waals surface area contributed by atoms with Gasteiger partial charge in [-0.1, -0.05) is 18.9 Å². The number of nitrogens with zero attached hydrogens (tertiary/aromatic N) is 4. The van der Waals surface area contributed by atoms with Gasteiger partial charge in [0.2, 0.25) is 0 Å². The van der Waals surface area contributed by atoms with Crippen LogP contribution in [-0.4, -0.2) is 29.0 Å².